The molecular weight excluding hydrogens is 424 g/mol. The topological polar surface area (TPSA) is 90.5 Å². The Morgan fingerprint density at radius 2 is 1.94 bits per heavy atom. The summed E-state index contributed by atoms with van der Waals surface area (Å²) in [6, 6.07) is 6.00. The third-order valence-corrected chi connectivity index (χ3v) is 6.01. The summed E-state index contributed by atoms with van der Waals surface area (Å²) in [5, 5.41) is 4.42. The van der Waals surface area contributed by atoms with Gasteiger partial charge in [0.1, 0.15) is 5.52 Å². The first-order valence-corrected chi connectivity index (χ1v) is 11.1. The van der Waals surface area contributed by atoms with Crippen molar-refractivity contribution in [2.45, 2.75) is 44.8 Å². The monoisotopic (exact) mass is 458 g/mol. The van der Waals surface area contributed by atoms with Crippen LogP contribution in [-0.4, -0.2) is 48.5 Å². The van der Waals surface area contributed by atoms with Crippen LogP contribution in [0.15, 0.2) is 34.4 Å². The van der Waals surface area contributed by atoms with E-state index < -0.39 is 0 Å². The van der Waals surface area contributed by atoms with Gasteiger partial charge in [-0.3, -0.25) is 0 Å². The number of anilines is 2. The van der Waals surface area contributed by atoms with E-state index in [4.69, 9.17) is 20.2 Å². The molecule has 3 aromatic rings. The Bertz CT molecular complexity index is 1090. The number of hydrogen-bond donors (Lipinski definition) is 2. The lowest BCUT2D eigenvalue weighted by Gasteiger charge is -2.20. The summed E-state index contributed by atoms with van der Waals surface area (Å²) in [5.41, 5.74) is 9.13. The van der Waals surface area contributed by atoms with Crippen LogP contribution in [0.3, 0.4) is 0 Å². The van der Waals surface area contributed by atoms with Gasteiger partial charge in [0.05, 0.1) is 11.2 Å². The van der Waals surface area contributed by atoms with Crippen molar-refractivity contribution in [2.24, 2.45) is 5.41 Å². The highest BCUT2D eigenvalue weighted by atomic mass is 32.2. The molecule has 0 fully saturated rings. The van der Waals surface area contributed by atoms with E-state index in [1.165, 1.54) is 0 Å². The Morgan fingerprint density at radius 1 is 1.22 bits per heavy atom. The molecular formula is C23H34N6O2S. The van der Waals surface area contributed by atoms with Crippen LogP contribution < -0.4 is 25.4 Å². The maximum Gasteiger partial charge on any atom is 0.231 e. The summed E-state index contributed by atoms with van der Waals surface area (Å²) in [6.45, 7) is 9.48. The Hall–Kier alpha value is -2.65. The molecule has 0 saturated carbocycles. The fourth-order valence-electron chi connectivity index (χ4n) is 3.44. The van der Waals surface area contributed by atoms with Crippen LogP contribution in [0.1, 0.15) is 28.2 Å². The molecule has 32 heavy (non-hydrogen) atoms. The number of benzene rings is 1. The summed E-state index contributed by atoms with van der Waals surface area (Å²) in [4.78, 5) is 12.2. The quantitative estimate of drug-likeness (QED) is 0.508. The molecule has 0 radical (unpaired) electrons. The van der Waals surface area contributed by atoms with Crippen LogP contribution >= 0.6 is 11.8 Å². The Labute approximate surface area is 194 Å². The second-order valence-electron chi connectivity index (χ2n) is 9.02. The Morgan fingerprint density at radius 3 is 2.62 bits per heavy atom. The van der Waals surface area contributed by atoms with E-state index in [2.05, 4.69) is 40.5 Å². The zero-order valence-corrected chi connectivity index (χ0v) is 19.5. The average molecular weight is 459 g/mol. The molecule has 174 valence electrons. The zero-order chi connectivity index (χ0) is 22.2. The number of pyridine rings is 1. The van der Waals surface area contributed by atoms with Gasteiger partial charge < -0.3 is 30.0 Å². The predicted molar refractivity (Wildman–Crippen MR) is 132 cm³/mol. The van der Waals surface area contributed by atoms with Crippen LogP contribution in [0.2, 0.25) is 0 Å². The molecule has 1 aliphatic rings. The number of nitrogen functional groups attached to an aromatic ring is 1. The summed E-state index contributed by atoms with van der Waals surface area (Å²) in [6.07, 6.45) is 1.73. The van der Waals surface area contributed by atoms with E-state index in [0.717, 1.165) is 57.9 Å². The van der Waals surface area contributed by atoms with E-state index in [1.807, 2.05) is 32.3 Å². The number of imidazole rings is 1. The molecule has 0 spiro atoms. The lowest BCUT2D eigenvalue weighted by Crippen LogP contribution is -2.29. The first-order chi connectivity index (χ1) is 14.7. The lowest BCUT2D eigenvalue weighted by molar-refractivity contribution is 0.174. The summed E-state index contributed by atoms with van der Waals surface area (Å²) in [7, 11) is 4.03. The van der Waals surface area contributed by atoms with Crippen molar-refractivity contribution in [1.29, 1.82) is 0 Å². The number of nitrogens with one attached hydrogen (secondary N) is 1. The van der Waals surface area contributed by atoms with Crippen molar-refractivity contribution in [2.75, 3.05) is 44.6 Å². The van der Waals surface area contributed by atoms with Gasteiger partial charge >= 0.3 is 0 Å². The van der Waals surface area contributed by atoms with E-state index in [0.29, 0.717) is 5.82 Å². The third kappa shape index (κ3) is 5.05. The van der Waals surface area contributed by atoms with E-state index in [9.17, 15) is 0 Å². The van der Waals surface area contributed by atoms with Gasteiger partial charge in [0.2, 0.25) is 6.79 Å². The van der Waals surface area contributed by atoms with Crippen molar-refractivity contribution < 1.29 is 9.47 Å². The van der Waals surface area contributed by atoms with Crippen molar-refractivity contribution in [3.8, 4) is 11.5 Å². The minimum Gasteiger partial charge on any atom is -0.454 e. The number of nitrogens with zero attached hydrogens (tertiary/aromatic N) is 4. The second-order valence-corrected chi connectivity index (χ2v) is 10.0. The largest absolute Gasteiger partial charge is 0.454 e. The molecule has 0 amide bonds. The van der Waals surface area contributed by atoms with Crippen molar-refractivity contribution in [3.05, 3.63) is 24.4 Å². The maximum absolute atomic E-state index is 6.14. The SMILES string of the molecule is C.CN(C)c1cc2c(cc1Sc1nc3c(N)nccc3n1CCNCC(C)(C)C)OCO2. The van der Waals surface area contributed by atoms with Gasteiger partial charge in [-0.2, -0.15) is 0 Å². The minimum absolute atomic E-state index is 0. The molecule has 4 rings (SSSR count). The summed E-state index contributed by atoms with van der Waals surface area (Å²) >= 11 is 1.60. The maximum atomic E-state index is 6.14. The van der Waals surface area contributed by atoms with Crippen LogP contribution in [0.5, 0.6) is 11.5 Å². The number of hydrogen-bond acceptors (Lipinski definition) is 8. The Kier molecular flexibility index (Phi) is 7.09. The molecule has 1 aliphatic heterocycles. The van der Waals surface area contributed by atoms with Crippen LogP contribution in [0.25, 0.3) is 11.0 Å². The predicted octanol–water partition coefficient (Wildman–Crippen LogP) is 4.23. The number of ether oxygens (including phenoxy) is 2. The molecule has 3 N–H and O–H groups in total. The zero-order valence-electron chi connectivity index (χ0n) is 18.7. The summed E-state index contributed by atoms with van der Waals surface area (Å²) in [5.74, 6) is 1.96. The smallest absolute Gasteiger partial charge is 0.231 e. The van der Waals surface area contributed by atoms with Crippen LogP contribution in [-0.2, 0) is 6.54 Å². The lowest BCUT2D eigenvalue weighted by atomic mass is 9.97. The molecule has 9 heteroatoms. The highest BCUT2D eigenvalue weighted by Gasteiger charge is 2.22. The van der Waals surface area contributed by atoms with Gasteiger partial charge in [-0.25, -0.2) is 9.97 Å². The number of fused-ring (bicyclic) bond motifs is 2. The molecule has 0 saturated heterocycles. The van der Waals surface area contributed by atoms with Gasteiger partial charge in [0.25, 0.3) is 0 Å². The van der Waals surface area contributed by atoms with Crippen LogP contribution in [0, 0.1) is 5.41 Å². The third-order valence-electron chi connectivity index (χ3n) is 4.97. The molecule has 2 aromatic heterocycles. The average Bonchev–Trinajstić information content (AvgIpc) is 3.29. The molecule has 1 aromatic carbocycles. The number of rotatable bonds is 7. The van der Waals surface area contributed by atoms with E-state index >= 15 is 0 Å². The fourth-order valence-corrected chi connectivity index (χ4v) is 4.59. The minimum atomic E-state index is 0. The normalized spacial score (nSPS) is 12.8. The van der Waals surface area contributed by atoms with Gasteiger partial charge in [-0.15, -0.1) is 0 Å². The van der Waals surface area contributed by atoms with Crippen molar-refractivity contribution in [1.82, 2.24) is 19.9 Å². The molecule has 0 aliphatic carbocycles. The first-order valence-electron chi connectivity index (χ1n) is 10.3. The standard InChI is InChI=1S/C22H30N6O2S.CH4/c1-22(2,3)12-24-8-9-28-14-6-7-25-20(23)19(14)26-21(28)31-18-11-17-16(29-13-30-17)10-15(18)27(4)5;/h6-7,10-11,24H,8-9,12-13H2,1-5H3,(H2,23,25);1H4. The summed E-state index contributed by atoms with van der Waals surface area (Å²) < 4.78 is 13.4. The molecule has 0 atom stereocenters. The van der Waals surface area contributed by atoms with Gasteiger partial charge in [0, 0.05) is 57.0 Å². The molecule has 8 nitrogen and oxygen atoms in total. The van der Waals surface area contributed by atoms with E-state index in [1.54, 1.807) is 18.0 Å². The van der Waals surface area contributed by atoms with Gasteiger partial charge in [-0.05, 0) is 23.2 Å². The van der Waals surface area contributed by atoms with Gasteiger partial charge in [-0.1, -0.05) is 28.2 Å². The van der Waals surface area contributed by atoms with Crippen molar-refractivity contribution in [3.63, 3.8) is 0 Å². The Balaban J connectivity index is 0.00000289. The first kappa shape index (κ1) is 24.0. The van der Waals surface area contributed by atoms with Gasteiger partial charge in [0.15, 0.2) is 22.5 Å². The fraction of sp³-hybridized carbons (Fsp3) is 0.478. The van der Waals surface area contributed by atoms with Crippen LogP contribution in [0.4, 0.5) is 11.5 Å². The molecule has 3 heterocycles. The number of nitrogens with two attached hydrogens (primary N) is 1. The highest BCUT2D eigenvalue weighted by Crippen LogP contribution is 2.44. The molecule has 0 unspecified atom stereocenters. The molecule has 0 bridgehead atoms. The highest BCUT2D eigenvalue weighted by molar-refractivity contribution is 7.99. The van der Waals surface area contributed by atoms with Crippen molar-refractivity contribution >= 4 is 34.3 Å². The second kappa shape index (κ2) is 9.46. The van der Waals surface area contributed by atoms with E-state index in [-0.39, 0.29) is 19.6 Å². The number of aromatic nitrogens is 3.